The van der Waals surface area contributed by atoms with E-state index in [1.165, 1.54) is 17.7 Å². The second-order valence-electron chi connectivity index (χ2n) is 5.15. The molecular formula is C16H24N2OS. The van der Waals surface area contributed by atoms with Crippen molar-refractivity contribution >= 4 is 29.0 Å². The number of rotatable bonds is 7. The molecule has 0 aromatic heterocycles. The third kappa shape index (κ3) is 3.69. The third-order valence-corrected chi connectivity index (χ3v) is 4.54. The minimum absolute atomic E-state index is 0.238. The van der Waals surface area contributed by atoms with Crippen LogP contribution in [0.3, 0.4) is 0 Å². The molecule has 0 saturated carbocycles. The number of anilines is 2. The average molecular weight is 292 g/mol. The quantitative estimate of drug-likeness (QED) is 0.767. The summed E-state index contributed by atoms with van der Waals surface area (Å²) in [6, 6.07) is 6.39. The second kappa shape index (κ2) is 7.58. The van der Waals surface area contributed by atoms with E-state index in [0.717, 1.165) is 37.3 Å². The van der Waals surface area contributed by atoms with Gasteiger partial charge in [-0.2, -0.15) is 0 Å². The first-order chi connectivity index (χ1) is 9.76. The average Bonchev–Trinajstić information content (AvgIpc) is 2.46. The predicted octanol–water partition coefficient (Wildman–Crippen LogP) is 4.14. The van der Waals surface area contributed by atoms with E-state index in [1.807, 2.05) is 4.90 Å². The molecule has 0 saturated heterocycles. The van der Waals surface area contributed by atoms with Crippen LogP contribution < -0.4 is 10.2 Å². The number of carbonyl (C=O) groups is 1. The zero-order chi connectivity index (χ0) is 14.4. The minimum atomic E-state index is 0.238. The van der Waals surface area contributed by atoms with Crippen LogP contribution in [-0.2, 0) is 4.79 Å². The molecule has 1 aromatic carbocycles. The summed E-state index contributed by atoms with van der Waals surface area (Å²) < 4.78 is 0. The van der Waals surface area contributed by atoms with Crippen LogP contribution in [-0.4, -0.2) is 24.7 Å². The molecule has 3 nitrogen and oxygen atoms in total. The summed E-state index contributed by atoms with van der Waals surface area (Å²) in [7, 11) is 0. The maximum Gasteiger partial charge on any atom is 0.237 e. The lowest BCUT2D eigenvalue weighted by molar-refractivity contribution is -0.116. The molecular weight excluding hydrogens is 268 g/mol. The number of hydrogen-bond acceptors (Lipinski definition) is 3. The molecule has 1 aliphatic rings. The monoisotopic (exact) mass is 292 g/mol. The lowest BCUT2D eigenvalue weighted by atomic mass is 10.2. The van der Waals surface area contributed by atoms with Crippen molar-refractivity contribution in [3.63, 3.8) is 0 Å². The number of nitrogens with one attached hydrogen (secondary N) is 1. The molecule has 4 heteroatoms. The summed E-state index contributed by atoms with van der Waals surface area (Å²) >= 11 is 1.65. The Labute approximate surface area is 126 Å². The van der Waals surface area contributed by atoms with Crippen LogP contribution in [0.5, 0.6) is 0 Å². The molecule has 2 rings (SSSR count). The highest BCUT2D eigenvalue weighted by Crippen LogP contribution is 2.37. The summed E-state index contributed by atoms with van der Waals surface area (Å²) in [5.41, 5.74) is 2.20. The van der Waals surface area contributed by atoms with Gasteiger partial charge in [0.15, 0.2) is 0 Å². The molecule has 0 fully saturated rings. The molecule has 1 aliphatic heterocycles. The molecule has 0 aliphatic carbocycles. The molecule has 1 heterocycles. The van der Waals surface area contributed by atoms with Crippen molar-refractivity contribution in [1.82, 2.24) is 0 Å². The molecule has 1 N–H and O–H groups in total. The summed E-state index contributed by atoms with van der Waals surface area (Å²) in [6.07, 6.45) is 4.53. The largest absolute Gasteiger partial charge is 0.385 e. The summed E-state index contributed by atoms with van der Waals surface area (Å²) in [5, 5.41) is 3.44. The van der Waals surface area contributed by atoms with Gasteiger partial charge in [-0.3, -0.25) is 4.79 Å². The molecule has 0 atom stereocenters. The van der Waals surface area contributed by atoms with Crippen LogP contribution >= 0.6 is 11.8 Å². The van der Waals surface area contributed by atoms with Gasteiger partial charge in [0.1, 0.15) is 0 Å². The summed E-state index contributed by atoms with van der Waals surface area (Å²) in [6.45, 7) is 6.18. The van der Waals surface area contributed by atoms with Crippen LogP contribution in [0.1, 0.15) is 39.5 Å². The topological polar surface area (TPSA) is 32.3 Å². The Balaban J connectivity index is 2.15. The SMILES string of the molecule is CCCCNc1ccc2c(c1)N(CCCC)C(=O)CS2. The Hall–Kier alpha value is -1.16. The Morgan fingerprint density at radius 3 is 2.80 bits per heavy atom. The first-order valence-electron chi connectivity index (χ1n) is 7.57. The fourth-order valence-electron chi connectivity index (χ4n) is 2.28. The molecule has 1 amide bonds. The van der Waals surface area contributed by atoms with Gasteiger partial charge in [-0.25, -0.2) is 0 Å². The minimum Gasteiger partial charge on any atom is -0.385 e. The smallest absolute Gasteiger partial charge is 0.237 e. The Morgan fingerprint density at radius 2 is 2.05 bits per heavy atom. The Kier molecular flexibility index (Phi) is 5.77. The normalized spacial score (nSPS) is 14.3. The molecule has 0 radical (unpaired) electrons. The molecule has 110 valence electrons. The van der Waals surface area contributed by atoms with Gasteiger partial charge in [0.05, 0.1) is 11.4 Å². The van der Waals surface area contributed by atoms with Crippen molar-refractivity contribution in [2.24, 2.45) is 0 Å². The van der Waals surface area contributed by atoms with Crippen LogP contribution in [0.15, 0.2) is 23.1 Å². The lowest BCUT2D eigenvalue weighted by Crippen LogP contribution is -2.36. The number of fused-ring (bicyclic) bond motifs is 1. The van der Waals surface area contributed by atoms with Crippen molar-refractivity contribution in [3.05, 3.63) is 18.2 Å². The van der Waals surface area contributed by atoms with Crippen molar-refractivity contribution in [3.8, 4) is 0 Å². The van der Waals surface area contributed by atoms with Crippen LogP contribution in [0.25, 0.3) is 0 Å². The lowest BCUT2D eigenvalue weighted by Gasteiger charge is -2.29. The van der Waals surface area contributed by atoms with Crippen molar-refractivity contribution in [2.75, 3.05) is 29.1 Å². The van der Waals surface area contributed by atoms with Gasteiger partial charge in [-0.15, -0.1) is 11.8 Å². The number of thioether (sulfide) groups is 1. The number of unbranched alkanes of at least 4 members (excludes halogenated alkanes) is 2. The van der Waals surface area contributed by atoms with E-state index in [2.05, 4.69) is 37.4 Å². The standard InChI is InChI=1S/C16H24N2OS/c1-3-5-9-17-13-7-8-15-14(11-13)18(10-6-4-2)16(19)12-20-15/h7-8,11,17H,3-6,9-10,12H2,1-2H3. The summed E-state index contributed by atoms with van der Waals surface area (Å²) in [5.74, 6) is 0.806. The zero-order valence-corrected chi connectivity index (χ0v) is 13.3. The molecule has 0 spiro atoms. The Bertz CT molecular complexity index is 462. The molecule has 20 heavy (non-hydrogen) atoms. The van der Waals surface area contributed by atoms with E-state index in [0.29, 0.717) is 5.75 Å². The maximum atomic E-state index is 12.1. The van der Waals surface area contributed by atoms with Crippen molar-refractivity contribution < 1.29 is 4.79 Å². The second-order valence-corrected chi connectivity index (χ2v) is 6.17. The van der Waals surface area contributed by atoms with E-state index in [4.69, 9.17) is 0 Å². The number of amides is 1. The number of carbonyl (C=O) groups excluding carboxylic acids is 1. The van der Waals surface area contributed by atoms with Gasteiger partial charge in [0, 0.05) is 23.7 Å². The molecule has 0 unspecified atom stereocenters. The first kappa shape index (κ1) is 15.2. The molecule has 1 aromatic rings. The van der Waals surface area contributed by atoms with Crippen LogP contribution in [0, 0.1) is 0 Å². The van der Waals surface area contributed by atoms with Crippen molar-refractivity contribution in [2.45, 2.75) is 44.4 Å². The number of benzene rings is 1. The van der Waals surface area contributed by atoms with E-state index in [-0.39, 0.29) is 5.91 Å². The van der Waals surface area contributed by atoms with Crippen LogP contribution in [0.4, 0.5) is 11.4 Å². The van der Waals surface area contributed by atoms with E-state index >= 15 is 0 Å². The third-order valence-electron chi connectivity index (χ3n) is 3.50. The maximum absolute atomic E-state index is 12.1. The number of nitrogens with zero attached hydrogens (tertiary/aromatic N) is 1. The van der Waals surface area contributed by atoms with E-state index in [1.54, 1.807) is 11.8 Å². The van der Waals surface area contributed by atoms with Gasteiger partial charge >= 0.3 is 0 Å². The van der Waals surface area contributed by atoms with Gasteiger partial charge in [-0.05, 0) is 31.0 Å². The number of hydrogen-bond donors (Lipinski definition) is 1. The zero-order valence-electron chi connectivity index (χ0n) is 12.4. The van der Waals surface area contributed by atoms with Crippen LogP contribution in [0.2, 0.25) is 0 Å². The molecule has 0 bridgehead atoms. The highest BCUT2D eigenvalue weighted by Gasteiger charge is 2.24. The summed E-state index contributed by atoms with van der Waals surface area (Å²) in [4.78, 5) is 15.3. The highest BCUT2D eigenvalue weighted by molar-refractivity contribution is 8.00. The fraction of sp³-hybridized carbons (Fsp3) is 0.562. The first-order valence-corrected chi connectivity index (χ1v) is 8.56. The van der Waals surface area contributed by atoms with E-state index < -0.39 is 0 Å². The fourth-order valence-corrected chi connectivity index (χ4v) is 3.20. The van der Waals surface area contributed by atoms with Gasteiger partial charge in [0.25, 0.3) is 0 Å². The van der Waals surface area contributed by atoms with Gasteiger partial charge < -0.3 is 10.2 Å². The van der Waals surface area contributed by atoms with Crippen molar-refractivity contribution in [1.29, 1.82) is 0 Å². The van der Waals surface area contributed by atoms with Gasteiger partial charge in [0.2, 0.25) is 5.91 Å². The highest BCUT2D eigenvalue weighted by atomic mass is 32.2. The Morgan fingerprint density at radius 1 is 1.25 bits per heavy atom. The van der Waals surface area contributed by atoms with Gasteiger partial charge in [-0.1, -0.05) is 26.7 Å². The van der Waals surface area contributed by atoms with E-state index in [9.17, 15) is 4.79 Å². The predicted molar refractivity (Wildman–Crippen MR) is 87.8 cm³/mol.